The Bertz CT molecular complexity index is 658. The van der Waals surface area contributed by atoms with E-state index in [1.54, 1.807) is 31.2 Å². The van der Waals surface area contributed by atoms with Crippen molar-refractivity contribution in [3.8, 4) is 11.5 Å². The molecule has 0 unspecified atom stereocenters. The molecule has 24 heavy (non-hydrogen) atoms. The zero-order valence-corrected chi connectivity index (χ0v) is 14.5. The molecule has 0 fully saturated rings. The Morgan fingerprint density at radius 2 is 1.83 bits per heavy atom. The highest BCUT2D eigenvalue weighted by molar-refractivity contribution is 5.94. The molecule has 0 atom stereocenters. The van der Waals surface area contributed by atoms with E-state index in [4.69, 9.17) is 4.52 Å². The van der Waals surface area contributed by atoms with E-state index in [0.717, 1.165) is 18.4 Å². The molecule has 0 saturated carbocycles. The highest BCUT2D eigenvalue weighted by Gasteiger charge is 2.25. The van der Waals surface area contributed by atoms with Crippen LogP contribution in [0.5, 0.6) is 0 Å². The van der Waals surface area contributed by atoms with E-state index in [2.05, 4.69) is 15.5 Å². The SMILES string of the molecule is CCCC(O)(CCC)CNC(=O)c1ccc(-c2nc(C)no2)cc1. The van der Waals surface area contributed by atoms with E-state index >= 15 is 0 Å². The average molecular weight is 331 g/mol. The summed E-state index contributed by atoms with van der Waals surface area (Å²) >= 11 is 0. The van der Waals surface area contributed by atoms with Crippen LogP contribution in [0.3, 0.4) is 0 Å². The quantitative estimate of drug-likeness (QED) is 0.776. The monoisotopic (exact) mass is 331 g/mol. The molecule has 0 bridgehead atoms. The number of nitrogens with zero attached hydrogens (tertiary/aromatic N) is 2. The number of aryl methyl sites for hydroxylation is 1. The van der Waals surface area contributed by atoms with Crippen molar-refractivity contribution in [2.75, 3.05) is 6.54 Å². The van der Waals surface area contributed by atoms with Gasteiger partial charge in [0.15, 0.2) is 5.82 Å². The van der Waals surface area contributed by atoms with Gasteiger partial charge in [0.2, 0.25) is 0 Å². The van der Waals surface area contributed by atoms with E-state index in [-0.39, 0.29) is 12.5 Å². The fraction of sp³-hybridized carbons (Fsp3) is 0.500. The van der Waals surface area contributed by atoms with Gasteiger partial charge in [0.05, 0.1) is 5.60 Å². The Morgan fingerprint density at radius 3 is 2.33 bits per heavy atom. The van der Waals surface area contributed by atoms with Gasteiger partial charge in [0.1, 0.15) is 0 Å². The molecule has 1 heterocycles. The van der Waals surface area contributed by atoms with Gasteiger partial charge in [-0.15, -0.1) is 0 Å². The molecule has 0 aliphatic rings. The number of carbonyl (C=O) groups is 1. The van der Waals surface area contributed by atoms with Crippen LogP contribution in [-0.4, -0.2) is 33.3 Å². The lowest BCUT2D eigenvalue weighted by molar-refractivity contribution is 0.0213. The zero-order chi connectivity index (χ0) is 17.6. The summed E-state index contributed by atoms with van der Waals surface area (Å²) in [7, 11) is 0. The lowest BCUT2D eigenvalue weighted by atomic mass is 9.92. The van der Waals surface area contributed by atoms with Gasteiger partial charge in [0.25, 0.3) is 11.8 Å². The maximum atomic E-state index is 12.3. The van der Waals surface area contributed by atoms with Crippen LogP contribution in [0, 0.1) is 6.92 Å². The minimum Gasteiger partial charge on any atom is -0.388 e. The van der Waals surface area contributed by atoms with Gasteiger partial charge in [-0.05, 0) is 44.0 Å². The number of rotatable bonds is 8. The van der Waals surface area contributed by atoms with Crippen LogP contribution < -0.4 is 5.32 Å². The van der Waals surface area contributed by atoms with Crippen LogP contribution in [0.2, 0.25) is 0 Å². The minimum absolute atomic E-state index is 0.200. The third kappa shape index (κ3) is 4.64. The number of aromatic nitrogens is 2. The molecule has 0 aliphatic carbocycles. The Morgan fingerprint density at radius 1 is 1.21 bits per heavy atom. The molecule has 130 valence electrons. The maximum Gasteiger partial charge on any atom is 0.257 e. The van der Waals surface area contributed by atoms with Crippen molar-refractivity contribution in [1.82, 2.24) is 15.5 Å². The molecular formula is C18H25N3O3. The summed E-state index contributed by atoms with van der Waals surface area (Å²) in [5.41, 5.74) is 0.464. The van der Waals surface area contributed by atoms with Crippen molar-refractivity contribution in [3.63, 3.8) is 0 Å². The number of hydrogen-bond donors (Lipinski definition) is 2. The fourth-order valence-corrected chi connectivity index (χ4v) is 2.76. The van der Waals surface area contributed by atoms with Gasteiger partial charge < -0.3 is 14.9 Å². The lowest BCUT2D eigenvalue weighted by Crippen LogP contribution is -2.42. The predicted molar refractivity (Wildman–Crippen MR) is 91.6 cm³/mol. The molecule has 1 aromatic carbocycles. The Labute approximate surface area is 142 Å². The summed E-state index contributed by atoms with van der Waals surface area (Å²) in [6.45, 7) is 6.07. The number of carbonyl (C=O) groups excluding carboxylic acids is 1. The van der Waals surface area contributed by atoms with E-state index in [9.17, 15) is 9.90 Å². The van der Waals surface area contributed by atoms with Crippen LogP contribution in [0.4, 0.5) is 0 Å². The lowest BCUT2D eigenvalue weighted by Gasteiger charge is -2.27. The van der Waals surface area contributed by atoms with E-state index in [0.29, 0.717) is 30.1 Å². The van der Waals surface area contributed by atoms with E-state index < -0.39 is 5.60 Å². The second-order valence-electron chi connectivity index (χ2n) is 6.13. The number of nitrogens with one attached hydrogen (secondary N) is 1. The van der Waals surface area contributed by atoms with E-state index in [1.807, 2.05) is 13.8 Å². The number of aliphatic hydroxyl groups is 1. The largest absolute Gasteiger partial charge is 0.388 e. The fourth-order valence-electron chi connectivity index (χ4n) is 2.76. The summed E-state index contributed by atoms with van der Waals surface area (Å²) in [6, 6.07) is 6.96. The molecule has 1 amide bonds. The van der Waals surface area contributed by atoms with Gasteiger partial charge in [-0.2, -0.15) is 4.98 Å². The first kappa shape index (κ1) is 18.1. The molecule has 6 nitrogen and oxygen atoms in total. The third-order valence-electron chi connectivity index (χ3n) is 3.93. The topological polar surface area (TPSA) is 88.2 Å². The molecule has 0 radical (unpaired) electrons. The summed E-state index contributed by atoms with van der Waals surface area (Å²) in [5.74, 6) is 0.798. The second kappa shape index (κ2) is 8.06. The first-order chi connectivity index (χ1) is 11.5. The maximum absolute atomic E-state index is 12.3. The van der Waals surface area contributed by atoms with Crippen LogP contribution >= 0.6 is 0 Å². The normalized spacial score (nSPS) is 11.5. The van der Waals surface area contributed by atoms with E-state index in [1.165, 1.54) is 0 Å². The predicted octanol–water partition coefficient (Wildman–Crippen LogP) is 3.11. The third-order valence-corrected chi connectivity index (χ3v) is 3.93. The summed E-state index contributed by atoms with van der Waals surface area (Å²) < 4.78 is 5.10. The number of benzene rings is 1. The van der Waals surface area contributed by atoms with Crippen LogP contribution in [0.15, 0.2) is 28.8 Å². The Hall–Kier alpha value is -2.21. The Balaban J connectivity index is 1.99. The van der Waals surface area contributed by atoms with Gasteiger partial charge >= 0.3 is 0 Å². The molecule has 0 aliphatic heterocycles. The van der Waals surface area contributed by atoms with Crippen molar-refractivity contribution < 1.29 is 14.4 Å². The summed E-state index contributed by atoms with van der Waals surface area (Å²) in [4.78, 5) is 16.4. The van der Waals surface area contributed by atoms with Gasteiger partial charge in [-0.1, -0.05) is 31.8 Å². The van der Waals surface area contributed by atoms with Gasteiger partial charge in [-0.3, -0.25) is 4.79 Å². The van der Waals surface area contributed by atoms with Crippen LogP contribution in [0.1, 0.15) is 55.7 Å². The molecule has 0 saturated heterocycles. The number of amides is 1. The second-order valence-corrected chi connectivity index (χ2v) is 6.13. The highest BCUT2D eigenvalue weighted by Crippen LogP contribution is 2.20. The molecule has 0 spiro atoms. The van der Waals surface area contributed by atoms with Gasteiger partial charge in [0, 0.05) is 17.7 Å². The zero-order valence-electron chi connectivity index (χ0n) is 14.5. The summed E-state index contributed by atoms with van der Waals surface area (Å²) in [5, 5.41) is 17.1. The first-order valence-corrected chi connectivity index (χ1v) is 8.39. The van der Waals surface area contributed by atoms with Crippen LogP contribution in [0.25, 0.3) is 11.5 Å². The van der Waals surface area contributed by atoms with Crippen molar-refractivity contribution in [3.05, 3.63) is 35.7 Å². The van der Waals surface area contributed by atoms with Gasteiger partial charge in [-0.25, -0.2) is 0 Å². The molecular weight excluding hydrogens is 306 g/mol. The Kier molecular flexibility index (Phi) is 6.09. The van der Waals surface area contributed by atoms with Crippen molar-refractivity contribution in [2.45, 2.75) is 52.1 Å². The first-order valence-electron chi connectivity index (χ1n) is 8.39. The van der Waals surface area contributed by atoms with Crippen molar-refractivity contribution in [1.29, 1.82) is 0 Å². The molecule has 6 heteroatoms. The molecule has 1 aromatic heterocycles. The smallest absolute Gasteiger partial charge is 0.257 e. The summed E-state index contributed by atoms with van der Waals surface area (Å²) in [6.07, 6.45) is 3.11. The minimum atomic E-state index is -0.833. The standard InChI is InChI=1S/C18H25N3O3/c1-4-10-18(23,11-5-2)12-19-16(22)14-6-8-15(9-7-14)17-20-13(3)21-24-17/h6-9,23H,4-5,10-12H2,1-3H3,(H,19,22). The van der Waals surface area contributed by atoms with Crippen molar-refractivity contribution >= 4 is 5.91 Å². The molecule has 2 rings (SSSR count). The molecule has 2 aromatic rings. The van der Waals surface area contributed by atoms with Crippen molar-refractivity contribution in [2.24, 2.45) is 0 Å². The number of hydrogen-bond acceptors (Lipinski definition) is 5. The highest BCUT2D eigenvalue weighted by atomic mass is 16.5. The molecule has 2 N–H and O–H groups in total. The van der Waals surface area contributed by atoms with Crippen LogP contribution in [-0.2, 0) is 0 Å². The average Bonchev–Trinajstić information content (AvgIpc) is 3.00.